The Morgan fingerprint density at radius 3 is 2.27 bits per heavy atom. The van der Waals surface area contributed by atoms with Gasteiger partial charge in [0.15, 0.2) is 6.61 Å². The first kappa shape index (κ1) is 22.1. The van der Waals surface area contributed by atoms with Gasteiger partial charge in [-0.25, -0.2) is 8.42 Å². The van der Waals surface area contributed by atoms with Gasteiger partial charge >= 0.3 is 0 Å². The highest BCUT2D eigenvalue weighted by molar-refractivity contribution is 9.10. The smallest absolute Gasteiger partial charge is 0.278 e. The van der Waals surface area contributed by atoms with Crippen LogP contribution < -0.4 is 9.04 Å². The van der Waals surface area contributed by atoms with E-state index in [1.807, 2.05) is 32.0 Å². The SMILES string of the molecule is CCc1ccc(N(C(=O)COc2cccc(Br)c2)S(=O)(=O)c2ccc(C)cc2)cc1. The summed E-state index contributed by atoms with van der Waals surface area (Å²) in [5.41, 5.74) is 2.25. The summed E-state index contributed by atoms with van der Waals surface area (Å²) in [5.74, 6) is -0.216. The van der Waals surface area contributed by atoms with Crippen molar-refractivity contribution in [2.24, 2.45) is 0 Å². The molecule has 156 valence electrons. The lowest BCUT2D eigenvalue weighted by molar-refractivity contribution is -0.119. The maximum absolute atomic E-state index is 13.3. The first-order chi connectivity index (χ1) is 14.3. The third-order valence-corrected chi connectivity index (χ3v) is 6.78. The zero-order valence-corrected chi connectivity index (χ0v) is 19.1. The molecule has 0 radical (unpaired) electrons. The first-order valence-electron chi connectivity index (χ1n) is 9.43. The van der Waals surface area contributed by atoms with Crippen molar-refractivity contribution in [1.29, 1.82) is 0 Å². The number of rotatable bonds is 7. The maximum atomic E-state index is 13.3. The number of hydrogen-bond acceptors (Lipinski definition) is 4. The van der Waals surface area contributed by atoms with Gasteiger partial charge in [0, 0.05) is 4.47 Å². The minimum absolute atomic E-state index is 0.0449. The van der Waals surface area contributed by atoms with Crippen molar-refractivity contribution in [3.8, 4) is 5.75 Å². The molecule has 0 unspecified atom stereocenters. The van der Waals surface area contributed by atoms with Gasteiger partial charge in [-0.2, -0.15) is 4.31 Å². The zero-order chi connectivity index (χ0) is 21.7. The molecule has 0 aliphatic rings. The van der Waals surface area contributed by atoms with Gasteiger partial charge in [-0.05, 0) is 61.4 Å². The van der Waals surface area contributed by atoms with Gasteiger partial charge in [-0.15, -0.1) is 0 Å². The van der Waals surface area contributed by atoms with Gasteiger partial charge in [0.05, 0.1) is 10.6 Å². The molecule has 30 heavy (non-hydrogen) atoms. The molecule has 0 saturated heterocycles. The number of hydrogen-bond donors (Lipinski definition) is 0. The van der Waals surface area contributed by atoms with Crippen LogP contribution in [0.25, 0.3) is 0 Å². The van der Waals surface area contributed by atoms with E-state index in [4.69, 9.17) is 4.74 Å². The highest BCUT2D eigenvalue weighted by Gasteiger charge is 2.31. The standard InChI is InChI=1S/C23H22BrNO4S/c1-3-18-9-11-20(12-10-18)25(30(27,28)22-13-7-17(2)8-14-22)23(26)16-29-21-6-4-5-19(24)15-21/h4-15H,3,16H2,1-2H3. The molecule has 0 N–H and O–H groups in total. The Labute approximate surface area is 185 Å². The molecule has 0 aliphatic carbocycles. The van der Waals surface area contributed by atoms with E-state index in [9.17, 15) is 13.2 Å². The van der Waals surface area contributed by atoms with Crippen LogP contribution in [-0.2, 0) is 21.2 Å². The molecule has 0 saturated carbocycles. The van der Waals surface area contributed by atoms with Crippen molar-refractivity contribution in [2.45, 2.75) is 25.2 Å². The number of aryl methyl sites for hydroxylation is 2. The van der Waals surface area contributed by atoms with Crippen molar-refractivity contribution in [1.82, 2.24) is 0 Å². The van der Waals surface area contributed by atoms with E-state index in [-0.39, 0.29) is 10.6 Å². The summed E-state index contributed by atoms with van der Waals surface area (Å²) in [4.78, 5) is 13.1. The van der Waals surface area contributed by atoms with Gasteiger partial charge in [-0.1, -0.05) is 58.7 Å². The third-order valence-electron chi connectivity index (χ3n) is 4.52. The highest BCUT2D eigenvalue weighted by atomic mass is 79.9. The summed E-state index contributed by atoms with van der Waals surface area (Å²) < 4.78 is 33.9. The van der Waals surface area contributed by atoms with Crippen LogP contribution in [0.4, 0.5) is 5.69 Å². The molecule has 1 amide bonds. The zero-order valence-electron chi connectivity index (χ0n) is 16.7. The minimum atomic E-state index is -4.11. The molecule has 3 aromatic carbocycles. The average Bonchev–Trinajstić information content (AvgIpc) is 2.73. The van der Waals surface area contributed by atoms with Gasteiger partial charge in [0.25, 0.3) is 15.9 Å². The lowest BCUT2D eigenvalue weighted by atomic mass is 10.1. The molecule has 0 bridgehead atoms. The molecular formula is C23H22BrNO4S. The Balaban J connectivity index is 1.95. The Morgan fingerprint density at radius 1 is 1.00 bits per heavy atom. The van der Waals surface area contributed by atoms with Gasteiger partial charge in [0.1, 0.15) is 5.75 Å². The minimum Gasteiger partial charge on any atom is -0.484 e. The molecule has 0 heterocycles. The number of nitrogens with zero attached hydrogens (tertiary/aromatic N) is 1. The van der Waals surface area contributed by atoms with E-state index >= 15 is 0 Å². The molecular weight excluding hydrogens is 466 g/mol. The number of benzene rings is 3. The summed E-state index contributed by atoms with van der Waals surface area (Å²) >= 11 is 3.35. The third kappa shape index (κ3) is 5.09. The summed E-state index contributed by atoms with van der Waals surface area (Å²) in [5, 5.41) is 0. The monoisotopic (exact) mass is 487 g/mol. The maximum Gasteiger partial charge on any atom is 0.278 e. The number of carbonyl (C=O) groups excluding carboxylic acids is 1. The van der Waals surface area contributed by atoms with Gasteiger partial charge in [0.2, 0.25) is 0 Å². The Hall–Kier alpha value is -2.64. The molecule has 0 aliphatic heterocycles. The Bertz CT molecular complexity index is 1130. The Morgan fingerprint density at radius 2 is 1.67 bits per heavy atom. The van der Waals surface area contributed by atoms with Crippen LogP contribution in [0.2, 0.25) is 0 Å². The molecule has 3 rings (SSSR count). The topological polar surface area (TPSA) is 63.7 Å². The molecule has 5 nitrogen and oxygen atoms in total. The van der Waals surface area contributed by atoms with E-state index < -0.39 is 22.5 Å². The second-order valence-corrected chi connectivity index (χ2v) is 9.44. The van der Waals surface area contributed by atoms with Crippen molar-refractivity contribution >= 4 is 37.5 Å². The van der Waals surface area contributed by atoms with E-state index in [1.54, 1.807) is 42.5 Å². The second kappa shape index (κ2) is 9.45. The quantitative estimate of drug-likeness (QED) is 0.463. The number of anilines is 1. The largest absolute Gasteiger partial charge is 0.484 e. The fourth-order valence-corrected chi connectivity index (χ4v) is 4.65. The number of amides is 1. The van der Waals surface area contributed by atoms with Crippen LogP contribution >= 0.6 is 15.9 Å². The second-order valence-electron chi connectivity index (χ2n) is 6.74. The number of ether oxygens (including phenoxy) is 1. The van der Waals surface area contributed by atoms with Crippen LogP contribution in [0.15, 0.2) is 82.2 Å². The van der Waals surface area contributed by atoms with Crippen LogP contribution in [0, 0.1) is 6.92 Å². The molecule has 3 aromatic rings. The van der Waals surface area contributed by atoms with Crippen molar-refractivity contribution in [2.75, 3.05) is 10.9 Å². The summed E-state index contributed by atoms with van der Waals surface area (Å²) in [7, 11) is -4.11. The normalized spacial score (nSPS) is 11.2. The fourth-order valence-electron chi connectivity index (χ4n) is 2.86. The van der Waals surface area contributed by atoms with Crippen LogP contribution in [0.3, 0.4) is 0 Å². The van der Waals surface area contributed by atoms with Crippen molar-refractivity contribution < 1.29 is 17.9 Å². The number of carbonyl (C=O) groups is 1. The van der Waals surface area contributed by atoms with Crippen molar-refractivity contribution in [3.05, 3.63) is 88.4 Å². The van der Waals surface area contributed by atoms with E-state index in [1.165, 1.54) is 12.1 Å². The summed E-state index contributed by atoms with van der Waals surface area (Å²) in [6.07, 6.45) is 0.810. The predicted octanol–water partition coefficient (Wildman–Crippen LogP) is 5.12. The van der Waals surface area contributed by atoms with E-state index in [0.29, 0.717) is 5.75 Å². The average molecular weight is 488 g/mol. The van der Waals surface area contributed by atoms with Gasteiger partial charge < -0.3 is 4.74 Å². The molecule has 0 aromatic heterocycles. The fraction of sp³-hybridized carbons (Fsp3) is 0.174. The van der Waals surface area contributed by atoms with Crippen LogP contribution in [0.1, 0.15) is 18.1 Å². The first-order valence-corrected chi connectivity index (χ1v) is 11.7. The number of halogens is 1. The van der Waals surface area contributed by atoms with Crippen LogP contribution in [0.5, 0.6) is 5.75 Å². The molecule has 0 spiro atoms. The van der Waals surface area contributed by atoms with Crippen LogP contribution in [-0.4, -0.2) is 20.9 Å². The van der Waals surface area contributed by atoms with Gasteiger partial charge in [-0.3, -0.25) is 4.79 Å². The molecule has 0 fully saturated rings. The lowest BCUT2D eigenvalue weighted by Gasteiger charge is -2.23. The van der Waals surface area contributed by atoms with E-state index in [2.05, 4.69) is 15.9 Å². The Kier molecular flexibility index (Phi) is 6.95. The molecule has 0 atom stereocenters. The summed E-state index contributed by atoms with van der Waals surface area (Å²) in [6.45, 7) is 3.46. The van der Waals surface area contributed by atoms with E-state index in [0.717, 1.165) is 26.3 Å². The molecule has 7 heteroatoms. The van der Waals surface area contributed by atoms with Crippen molar-refractivity contribution in [3.63, 3.8) is 0 Å². The summed E-state index contributed by atoms with van der Waals surface area (Å²) in [6, 6.07) is 20.3. The predicted molar refractivity (Wildman–Crippen MR) is 121 cm³/mol. The number of sulfonamides is 1. The lowest BCUT2D eigenvalue weighted by Crippen LogP contribution is -2.40. The highest BCUT2D eigenvalue weighted by Crippen LogP contribution is 2.26.